The lowest BCUT2D eigenvalue weighted by Gasteiger charge is -2.37. The molecule has 1 aromatic rings. The van der Waals surface area contributed by atoms with Crippen molar-refractivity contribution in [3.63, 3.8) is 0 Å². The number of nitrogens with zero attached hydrogens (tertiary/aromatic N) is 1. The fourth-order valence-corrected chi connectivity index (χ4v) is 3.51. The monoisotopic (exact) mass is 481 g/mol. The normalized spacial score (nSPS) is 13.2. The van der Waals surface area contributed by atoms with E-state index < -0.39 is 29.7 Å². The molecule has 0 saturated heterocycles. The molecule has 0 radical (unpaired) electrons. The van der Waals surface area contributed by atoms with Gasteiger partial charge in [-0.25, -0.2) is 4.79 Å². The number of aryl methyl sites for hydroxylation is 1. The predicted molar refractivity (Wildman–Crippen MR) is 132 cm³/mol. The Hall–Kier alpha value is -2.42. The summed E-state index contributed by atoms with van der Waals surface area (Å²) in [6.07, 6.45) is 0.989. The topological polar surface area (TPSA) is 108 Å². The van der Waals surface area contributed by atoms with Crippen molar-refractivity contribution in [3.05, 3.63) is 29.3 Å². The smallest absolute Gasteiger partial charge is 0.408 e. The minimum atomic E-state index is -0.991. The van der Waals surface area contributed by atoms with Gasteiger partial charge >= 0.3 is 6.09 Å². The van der Waals surface area contributed by atoms with Crippen LogP contribution in [0.1, 0.15) is 71.6 Å². The van der Waals surface area contributed by atoms with Crippen molar-refractivity contribution in [1.29, 1.82) is 0 Å². The number of carbonyl (C=O) groups is 3. The van der Waals surface area contributed by atoms with Gasteiger partial charge in [-0.3, -0.25) is 9.59 Å². The molecule has 0 aliphatic heterocycles. The first kappa shape index (κ1) is 28.6. The van der Waals surface area contributed by atoms with Gasteiger partial charge in [-0.05, 0) is 71.2 Å². The summed E-state index contributed by atoms with van der Waals surface area (Å²) in [5.74, 6) is -0.649. The first-order valence-corrected chi connectivity index (χ1v) is 11.9. The zero-order valence-electron chi connectivity index (χ0n) is 20.8. The van der Waals surface area contributed by atoms with Gasteiger partial charge in [0.05, 0.1) is 0 Å². The Morgan fingerprint density at radius 2 is 1.85 bits per heavy atom. The number of phenolic OH excluding ortho intramolecular Hbond substituents is 1. The van der Waals surface area contributed by atoms with Crippen LogP contribution in [0.15, 0.2) is 18.2 Å². The summed E-state index contributed by atoms with van der Waals surface area (Å²) in [6, 6.07) is 2.53. The standard InChI is InChI=1S/C24H39N3O5S/c1-8-9-12-25-21(29)20(17-10-11-19(28)16(4)13-17)27(15(2)3)22(30)18(14-33)26-23(31)32-24(5,6)7/h10-11,13,15,18,20,28,33H,8-9,12,14H2,1-7H3,(H,25,29)(H,26,31). The molecule has 0 aliphatic carbocycles. The fourth-order valence-electron chi connectivity index (χ4n) is 3.27. The van der Waals surface area contributed by atoms with E-state index >= 15 is 0 Å². The first-order valence-electron chi connectivity index (χ1n) is 11.3. The van der Waals surface area contributed by atoms with Gasteiger partial charge in [-0.2, -0.15) is 12.6 Å². The van der Waals surface area contributed by atoms with E-state index in [4.69, 9.17) is 4.74 Å². The van der Waals surface area contributed by atoms with Crippen LogP contribution in [0.2, 0.25) is 0 Å². The average molecular weight is 482 g/mol. The van der Waals surface area contributed by atoms with Crippen molar-refractivity contribution in [2.75, 3.05) is 12.3 Å². The van der Waals surface area contributed by atoms with Crippen molar-refractivity contribution in [1.82, 2.24) is 15.5 Å². The molecule has 8 nitrogen and oxygen atoms in total. The van der Waals surface area contributed by atoms with E-state index in [1.165, 1.54) is 11.0 Å². The van der Waals surface area contributed by atoms with Crippen LogP contribution < -0.4 is 10.6 Å². The van der Waals surface area contributed by atoms with Gasteiger partial charge in [0.2, 0.25) is 11.8 Å². The third-order valence-corrected chi connectivity index (χ3v) is 5.24. The average Bonchev–Trinajstić information content (AvgIpc) is 2.70. The molecule has 2 unspecified atom stereocenters. The van der Waals surface area contributed by atoms with Gasteiger partial charge in [0.25, 0.3) is 0 Å². The van der Waals surface area contributed by atoms with Crippen LogP contribution >= 0.6 is 12.6 Å². The highest BCUT2D eigenvalue weighted by Crippen LogP contribution is 2.28. The molecular formula is C24H39N3O5S. The number of hydrogen-bond acceptors (Lipinski definition) is 6. The Morgan fingerprint density at radius 1 is 1.21 bits per heavy atom. The molecule has 0 bridgehead atoms. The molecule has 1 aromatic carbocycles. The van der Waals surface area contributed by atoms with Crippen LogP contribution in [0.25, 0.3) is 0 Å². The molecule has 3 N–H and O–H groups in total. The number of unbranched alkanes of at least 4 members (excludes halogenated alkanes) is 1. The van der Waals surface area contributed by atoms with Crippen LogP contribution in [0, 0.1) is 6.92 Å². The van der Waals surface area contributed by atoms with E-state index in [1.54, 1.807) is 53.7 Å². The number of phenols is 1. The summed E-state index contributed by atoms with van der Waals surface area (Å²) in [7, 11) is 0. The Labute approximate surface area is 202 Å². The second kappa shape index (κ2) is 12.7. The number of ether oxygens (including phenoxy) is 1. The van der Waals surface area contributed by atoms with Gasteiger partial charge in [0.1, 0.15) is 23.4 Å². The molecule has 0 heterocycles. The number of nitrogens with one attached hydrogen (secondary N) is 2. The van der Waals surface area contributed by atoms with E-state index in [9.17, 15) is 19.5 Å². The number of alkyl carbamates (subject to hydrolysis) is 1. The maximum absolute atomic E-state index is 13.6. The number of carbonyl (C=O) groups excluding carboxylic acids is 3. The summed E-state index contributed by atoms with van der Waals surface area (Å²) < 4.78 is 5.29. The molecule has 0 saturated carbocycles. The van der Waals surface area contributed by atoms with Crippen LogP contribution in [0.4, 0.5) is 4.79 Å². The van der Waals surface area contributed by atoms with Crippen molar-refractivity contribution in [2.24, 2.45) is 0 Å². The number of amides is 3. The summed E-state index contributed by atoms with van der Waals surface area (Å²) >= 11 is 4.26. The SMILES string of the molecule is CCCCNC(=O)C(c1ccc(O)c(C)c1)N(C(=O)C(CS)NC(=O)OC(C)(C)C)C(C)C. The molecule has 2 atom stereocenters. The number of benzene rings is 1. The molecule has 3 amide bonds. The third-order valence-electron chi connectivity index (χ3n) is 4.88. The number of aromatic hydroxyl groups is 1. The van der Waals surface area contributed by atoms with Gasteiger partial charge < -0.3 is 25.4 Å². The van der Waals surface area contributed by atoms with E-state index in [0.29, 0.717) is 17.7 Å². The lowest BCUT2D eigenvalue weighted by Crippen LogP contribution is -2.55. The minimum absolute atomic E-state index is 0.0279. The highest BCUT2D eigenvalue weighted by molar-refractivity contribution is 7.80. The second-order valence-electron chi connectivity index (χ2n) is 9.31. The van der Waals surface area contributed by atoms with Gasteiger partial charge in [-0.15, -0.1) is 0 Å². The highest BCUT2D eigenvalue weighted by Gasteiger charge is 2.37. The van der Waals surface area contributed by atoms with E-state index in [1.807, 2.05) is 6.92 Å². The summed E-state index contributed by atoms with van der Waals surface area (Å²) in [6.45, 7) is 13.0. The molecule has 0 aliphatic rings. The maximum atomic E-state index is 13.6. The third kappa shape index (κ3) is 8.79. The zero-order valence-corrected chi connectivity index (χ0v) is 21.7. The van der Waals surface area contributed by atoms with Gasteiger partial charge in [0, 0.05) is 18.3 Å². The summed E-state index contributed by atoms with van der Waals surface area (Å²) in [5, 5.41) is 15.4. The molecule has 33 heavy (non-hydrogen) atoms. The number of hydrogen-bond donors (Lipinski definition) is 4. The molecule has 0 aromatic heterocycles. The minimum Gasteiger partial charge on any atom is -0.508 e. The Bertz CT molecular complexity index is 823. The quantitative estimate of drug-likeness (QED) is 0.301. The van der Waals surface area contributed by atoms with E-state index in [-0.39, 0.29) is 23.5 Å². The van der Waals surface area contributed by atoms with Crippen LogP contribution in [-0.2, 0) is 14.3 Å². The van der Waals surface area contributed by atoms with E-state index in [2.05, 4.69) is 23.3 Å². The molecular weight excluding hydrogens is 442 g/mol. The van der Waals surface area contributed by atoms with Crippen LogP contribution in [0.5, 0.6) is 5.75 Å². The Kier molecular flexibility index (Phi) is 11.0. The first-order chi connectivity index (χ1) is 15.3. The number of thiol groups is 1. The molecule has 0 spiro atoms. The summed E-state index contributed by atoms with van der Waals surface area (Å²) in [5.41, 5.74) is 0.432. The Balaban J connectivity index is 3.35. The maximum Gasteiger partial charge on any atom is 0.408 e. The largest absolute Gasteiger partial charge is 0.508 e. The second-order valence-corrected chi connectivity index (χ2v) is 9.68. The molecule has 1 rings (SSSR count). The zero-order chi connectivity index (χ0) is 25.3. The fraction of sp³-hybridized carbons (Fsp3) is 0.625. The predicted octanol–water partition coefficient (Wildman–Crippen LogP) is 3.72. The molecule has 9 heteroatoms. The van der Waals surface area contributed by atoms with Crippen molar-refractivity contribution < 1.29 is 24.2 Å². The van der Waals surface area contributed by atoms with Crippen molar-refractivity contribution in [2.45, 2.75) is 85.0 Å². The highest BCUT2D eigenvalue weighted by atomic mass is 32.1. The lowest BCUT2D eigenvalue weighted by molar-refractivity contribution is -0.144. The van der Waals surface area contributed by atoms with Crippen LogP contribution in [0.3, 0.4) is 0 Å². The van der Waals surface area contributed by atoms with E-state index in [0.717, 1.165) is 12.8 Å². The Morgan fingerprint density at radius 3 is 2.33 bits per heavy atom. The lowest BCUT2D eigenvalue weighted by atomic mass is 9.99. The number of rotatable bonds is 10. The van der Waals surface area contributed by atoms with Gasteiger partial charge in [-0.1, -0.05) is 19.4 Å². The van der Waals surface area contributed by atoms with Crippen molar-refractivity contribution in [3.8, 4) is 5.75 Å². The van der Waals surface area contributed by atoms with Crippen LogP contribution in [-0.4, -0.2) is 57.9 Å². The van der Waals surface area contributed by atoms with Gasteiger partial charge in [0.15, 0.2) is 0 Å². The summed E-state index contributed by atoms with van der Waals surface area (Å²) in [4.78, 5) is 40.6. The van der Waals surface area contributed by atoms with Crippen molar-refractivity contribution >= 4 is 30.5 Å². The molecule has 186 valence electrons. The molecule has 0 fully saturated rings.